The van der Waals surface area contributed by atoms with Crippen LogP contribution in [0.4, 0.5) is 0 Å². The number of fused-ring (bicyclic) bond motifs is 2. The number of hydrogen-bond acceptors (Lipinski definition) is 7. The zero-order valence-electron chi connectivity index (χ0n) is 15.5. The Labute approximate surface area is 167 Å². The summed E-state index contributed by atoms with van der Waals surface area (Å²) in [4.78, 5) is 23.7. The Morgan fingerprint density at radius 3 is 2.55 bits per heavy atom. The normalized spacial score (nSPS) is 13.9. The van der Waals surface area contributed by atoms with Crippen molar-refractivity contribution in [2.45, 2.75) is 6.54 Å². The molecular weight excluding hydrogens is 378 g/mol. The Hall–Kier alpha value is -3.68. The van der Waals surface area contributed by atoms with Crippen LogP contribution < -0.4 is 24.3 Å². The highest BCUT2D eigenvalue weighted by Gasteiger charge is 2.14. The number of amides is 1. The molecule has 0 fully saturated rings. The van der Waals surface area contributed by atoms with Crippen molar-refractivity contribution in [1.29, 1.82) is 0 Å². The number of esters is 1. The lowest BCUT2D eigenvalue weighted by atomic mass is 10.2. The highest BCUT2D eigenvalue weighted by molar-refractivity contribution is 5.89. The lowest BCUT2D eigenvalue weighted by Gasteiger charge is -2.18. The van der Waals surface area contributed by atoms with Crippen LogP contribution in [0.2, 0.25) is 0 Å². The molecule has 0 atom stereocenters. The molecule has 0 spiro atoms. The van der Waals surface area contributed by atoms with Crippen LogP contribution in [0.5, 0.6) is 23.0 Å². The van der Waals surface area contributed by atoms with Gasteiger partial charge in [0.2, 0.25) is 6.79 Å². The number of ether oxygens (including phenoxy) is 5. The molecule has 0 radical (unpaired) electrons. The second kappa shape index (κ2) is 8.55. The molecule has 0 saturated carbocycles. The first kappa shape index (κ1) is 18.7. The molecule has 29 heavy (non-hydrogen) atoms. The van der Waals surface area contributed by atoms with Crippen LogP contribution in [0.25, 0.3) is 6.08 Å². The molecule has 2 aliphatic heterocycles. The van der Waals surface area contributed by atoms with Crippen LogP contribution >= 0.6 is 0 Å². The highest BCUT2D eigenvalue weighted by Crippen LogP contribution is 2.32. The SMILES string of the molecule is O=C(COC(=O)C=Cc1ccc2c(c1)OCCO2)NCc1ccc2c(c1)OCO2. The Kier molecular flexibility index (Phi) is 5.51. The molecule has 2 aromatic carbocycles. The Balaban J connectivity index is 1.22. The minimum atomic E-state index is -0.613. The molecule has 2 aliphatic rings. The van der Waals surface area contributed by atoms with Gasteiger partial charge in [0, 0.05) is 12.6 Å². The first-order chi connectivity index (χ1) is 14.2. The number of nitrogens with one attached hydrogen (secondary N) is 1. The molecule has 1 N–H and O–H groups in total. The molecule has 2 aromatic rings. The summed E-state index contributed by atoms with van der Waals surface area (Å²) >= 11 is 0. The summed E-state index contributed by atoms with van der Waals surface area (Å²) in [6, 6.07) is 10.8. The average molecular weight is 397 g/mol. The molecule has 0 aromatic heterocycles. The predicted molar refractivity (Wildman–Crippen MR) is 102 cm³/mol. The number of benzene rings is 2. The molecule has 8 heteroatoms. The van der Waals surface area contributed by atoms with E-state index in [1.165, 1.54) is 6.08 Å². The summed E-state index contributed by atoms with van der Waals surface area (Å²) in [6.07, 6.45) is 2.85. The summed E-state index contributed by atoms with van der Waals surface area (Å²) in [6.45, 7) is 1.13. The van der Waals surface area contributed by atoms with Crippen molar-refractivity contribution >= 4 is 18.0 Å². The highest BCUT2D eigenvalue weighted by atomic mass is 16.7. The Bertz CT molecular complexity index is 954. The van der Waals surface area contributed by atoms with E-state index in [4.69, 9.17) is 23.7 Å². The van der Waals surface area contributed by atoms with Crippen LogP contribution in [0.1, 0.15) is 11.1 Å². The third-order valence-corrected chi connectivity index (χ3v) is 4.25. The van der Waals surface area contributed by atoms with Gasteiger partial charge in [-0.3, -0.25) is 4.79 Å². The number of hydrogen-bond donors (Lipinski definition) is 1. The van der Waals surface area contributed by atoms with Crippen molar-refractivity contribution in [1.82, 2.24) is 5.32 Å². The van der Waals surface area contributed by atoms with Crippen LogP contribution in [-0.4, -0.2) is 38.5 Å². The maximum atomic E-state index is 11.9. The third kappa shape index (κ3) is 4.78. The number of carbonyl (C=O) groups is 2. The number of carbonyl (C=O) groups excluding carboxylic acids is 2. The fraction of sp³-hybridized carbons (Fsp3) is 0.238. The van der Waals surface area contributed by atoms with Crippen molar-refractivity contribution in [2.75, 3.05) is 26.6 Å². The molecule has 2 heterocycles. The fourth-order valence-electron chi connectivity index (χ4n) is 2.82. The lowest BCUT2D eigenvalue weighted by Crippen LogP contribution is -2.28. The van der Waals surface area contributed by atoms with Gasteiger partial charge in [0.1, 0.15) is 13.2 Å². The Morgan fingerprint density at radius 2 is 1.66 bits per heavy atom. The maximum absolute atomic E-state index is 11.9. The molecule has 1 amide bonds. The summed E-state index contributed by atoms with van der Waals surface area (Å²) in [5, 5.41) is 2.69. The number of rotatable bonds is 6. The monoisotopic (exact) mass is 397 g/mol. The van der Waals surface area contributed by atoms with Gasteiger partial charge in [-0.1, -0.05) is 12.1 Å². The molecular formula is C21H19NO7. The lowest BCUT2D eigenvalue weighted by molar-refractivity contribution is -0.143. The van der Waals surface area contributed by atoms with Gasteiger partial charge < -0.3 is 29.0 Å². The molecule has 8 nitrogen and oxygen atoms in total. The summed E-state index contributed by atoms with van der Waals surface area (Å²) < 4.78 is 26.4. The van der Waals surface area contributed by atoms with E-state index in [-0.39, 0.29) is 13.4 Å². The molecule has 0 unspecified atom stereocenters. The van der Waals surface area contributed by atoms with Crippen molar-refractivity contribution in [3.05, 3.63) is 53.6 Å². The van der Waals surface area contributed by atoms with Gasteiger partial charge in [-0.05, 0) is 41.5 Å². The summed E-state index contributed by atoms with van der Waals surface area (Å²) in [7, 11) is 0. The zero-order valence-corrected chi connectivity index (χ0v) is 15.5. The second-order valence-electron chi connectivity index (χ2n) is 6.31. The molecule has 0 aliphatic carbocycles. The van der Waals surface area contributed by atoms with Crippen molar-refractivity contribution in [2.24, 2.45) is 0 Å². The van der Waals surface area contributed by atoms with Crippen molar-refractivity contribution < 1.29 is 33.3 Å². The van der Waals surface area contributed by atoms with Crippen LogP contribution in [0.15, 0.2) is 42.5 Å². The average Bonchev–Trinajstić information content (AvgIpc) is 3.22. The van der Waals surface area contributed by atoms with Crippen LogP contribution in [0, 0.1) is 0 Å². The zero-order chi connectivity index (χ0) is 20.1. The minimum absolute atomic E-state index is 0.195. The second-order valence-corrected chi connectivity index (χ2v) is 6.31. The van der Waals surface area contributed by atoms with E-state index in [1.807, 2.05) is 6.07 Å². The fourth-order valence-corrected chi connectivity index (χ4v) is 2.82. The minimum Gasteiger partial charge on any atom is -0.486 e. The van der Waals surface area contributed by atoms with Crippen molar-refractivity contribution in [3.63, 3.8) is 0 Å². The van der Waals surface area contributed by atoms with E-state index in [0.717, 1.165) is 11.1 Å². The topological polar surface area (TPSA) is 92.3 Å². The summed E-state index contributed by atoms with van der Waals surface area (Å²) in [5.41, 5.74) is 1.62. The quantitative estimate of drug-likeness (QED) is 0.589. The van der Waals surface area contributed by atoms with Gasteiger partial charge in [0.05, 0.1) is 0 Å². The summed E-state index contributed by atoms with van der Waals surface area (Å²) in [5.74, 6) is 1.62. The van der Waals surface area contributed by atoms with Gasteiger partial charge in [0.15, 0.2) is 29.6 Å². The van der Waals surface area contributed by atoms with E-state index in [2.05, 4.69) is 5.32 Å². The molecule has 150 valence electrons. The van der Waals surface area contributed by atoms with Crippen LogP contribution in [-0.2, 0) is 20.9 Å². The van der Waals surface area contributed by atoms with Gasteiger partial charge in [0.25, 0.3) is 5.91 Å². The van der Waals surface area contributed by atoms with E-state index >= 15 is 0 Å². The van der Waals surface area contributed by atoms with Gasteiger partial charge in [-0.25, -0.2) is 4.79 Å². The Morgan fingerprint density at radius 1 is 0.931 bits per heavy atom. The van der Waals surface area contributed by atoms with Gasteiger partial charge in [-0.15, -0.1) is 0 Å². The standard InChI is InChI=1S/C21H19NO7/c23-20(22-11-15-2-5-17-19(10-15)29-13-28-17)12-27-21(24)6-3-14-1-4-16-18(9-14)26-8-7-25-16/h1-6,9-10H,7-8,11-13H2,(H,22,23). The molecule has 0 saturated heterocycles. The molecule has 0 bridgehead atoms. The predicted octanol–water partition coefficient (Wildman–Crippen LogP) is 2.06. The third-order valence-electron chi connectivity index (χ3n) is 4.25. The van der Waals surface area contributed by atoms with Crippen molar-refractivity contribution in [3.8, 4) is 23.0 Å². The van der Waals surface area contributed by atoms with E-state index in [1.54, 1.807) is 36.4 Å². The largest absolute Gasteiger partial charge is 0.486 e. The first-order valence-corrected chi connectivity index (χ1v) is 9.07. The molecule has 4 rings (SSSR count). The van der Waals surface area contributed by atoms with E-state index in [0.29, 0.717) is 42.8 Å². The van der Waals surface area contributed by atoms with E-state index in [9.17, 15) is 9.59 Å². The smallest absolute Gasteiger partial charge is 0.331 e. The van der Waals surface area contributed by atoms with Gasteiger partial charge >= 0.3 is 5.97 Å². The maximum Gasteiger partial charge on any atom is 0.331 e. The first-order valence-electron chi connectivity index (χ1n) is 9.07. The van der Waals surface area contributed by atoms with Gasteiger partial charge in [-0.2, -0.15) is 0 Å². The van der Waals surface area contributed by atoms with Crippen LogP contribution in [0.3, 0.4) is 0 Å². The van der Waals surface area contributed by atoms with E-state index < -0.39 is 11.9 Å².